The molecule has 3 nitrogen and oxygen atoms in total. The van der Waals surface area contributed by atoms with Crippen molar-refractivity contribution in [3.05, 3.63) is 102 Å². The average molecular weight is 356 g/mol. The van der Waals surface area contributed by atoms with Crippen LogP contribution in [0.2, 0.25) is 0 Å². The van der Waals surface area contributed by atoms with Crippen LogP contribution in [0.3, 0.4) is 0 Å². The Kier molecular flexibility index (Phi) is 4.84. The third-order valence-electron chi connectivity index (χ3n) is 4.97. The second-order valence-corrected chi connectivity index (χ2v) is 6.79. The molecule has 0 N–H and O–H groups in total. The normalized spacial score (nSPS) is 18.9. The first-order chi connectivity index (χ1) is 13.2. The fourth-order valence-corrected chi connectivity index (χ4v) is 3.60. The number of ketones is 2. The van der Waals surface area contributed by atoms with Crippen LogP contribution in [-0.4, -0.2) is 17.7 Å². The topological polar surface area (TPSA) is 43.4 Å². The van der Waals surface area contributed by atoms with Crippen LogP contribution in [0.1, 0.15) is 45.0 Å². The Bertz CT molecular complexity index is 948. The quantitative estimate of drug-likeness (QED) is 0.613. The van der Waals surface area contributed by atoms with E-state index in [-0.39, 0.29) is 30.0 Å². The van der Waals surface area contributed by atoms with Crippen LogP contribution in [0, 0.1) is 0 Å². The number of fused-ring (bicyclic) bond motifs is 1. The number of rotatable bonds is 4. The van der Waals surface area contributed by atoms with Gasteiger partial charge in [0.15, 0.2) is 11.6 Å². The zero-order chi connectivity index (χ0) is 18.6. The molecule has 0 saturated carbocycles. The van der Waals surface area contributed by atoms with Crippen molar-refractivity contribution in [2.45, 2.75) is 24.9 Å². The zero-order valence-electron chi connectivity index (χ0n) is 14.9. The maximum atomic E-state index is 13.2. The van der Waals surface area contributed by atoms with E-state index in [1.807, 2.05) is 72.8 Å². The van der Waals surface area contributed by atoms with Gasteiger partial charge in [-0.1, -0.05) is 72.8 Å². The van der Waals surface area contributed by atoms with E-state index in [4.69, 9.17) is 4.74 Å². The Morgan fingerprint density at radius 1 is 0.852 bits per heavy atom. The molecule has 0 spiro atoms. The number of carbonyl (C=O) groups excluding carboxylic acids is 2. The number of ether oxygens (including phenoxy) is 1. The first-order valence-electron chi connectivity index (χ1n) is 9.15. The summed E-state index contributed by atoms with van der Waals surface area (Å²) in [7, 11) is 0. The molecule has 1 heterocycles. The van der Waals surface area contributed by atoms with Gasteiger partial charge in [0.2, 0.25) is 0 Å². The van der Waals surface area contributed by atoms with E-state index in [0.29, 0.717) is 23.3 Å². The molecule has 3 aromatic carbocycles. The monoisotopic (exact) mass is 356 g/mol. The third kappa shape index (κ3) is 3.68. The highest BCUT2D eigenvalue weighted by atomic mass is 16.5. The number of Topliss-reactive ketones (excluding diaryl/α,β-unsaturated/α-hetero) is 2. The molecule has 3 heteroatoms. The standard InChI is InChI=1S/C24H20O3/c25-22(18-11-5-2-6-12-18)16-19-15-21(17-9-3-1-4-10-17)24(26)20-13-7-8-14-23(20)27-19/h1-14,19,21H,15-16H2. The Morgan fingerprint density at radius 3 is 2.22 bits per heavy atom. The first kappa shape index (κ1) is 17.2. The molecule has 0 amide bonds. The lowest BCUT2D eigenvalue weighted by atomic mass is 9.86. The fraction of sp³-hybridized carbons (Fsp3) is 0.167. The highest BCUT2D eigenvalue weighted by Gasteiger charge is 2.33. The number of carbonyl (C=O) groups is 2. The summed E-state index contributed by atoms with van der Waals surface area (Å²) in [6.45, 7) is 0. The molecule has 2 unspecified atom stereocenters. The van der Waals surface area contributed by atoms with E-state index < -0.39 is 0 Å². The predicted octanol–water partition coefficient (Wildman–Crippen LogP) is 5.08. The number of benzene rings is 3. The van der Waals surface area contributed by atoms with Crippen molar-refractivity contribution in [2.24, 2.45) is 0 Å². The van der Waals surface area contributed by atoms with Crippen LogP contribution in [0.4, 0.5) is 0 Å². The Labute approximate surface area is 158 Å². The molecule has 0 bridgehead atoms. The second-order valence-electron chi connectivity index (χ2n) is 6.79. The first-order valence-corrected chi connectivity index (χ1v) is 9.15. The van der Waals surface area contributed by atoms with Gasteiger partial charge in [-0.3, -0.25) is 9.59 Å². The minimum Gasteiger partial charge on any atom is -0.489 e. The summed E-state index contributed by atoms with van der Waals surface area (Å²) in [4.78, 5) is 25.9. The predicted molar refractivity (Wildman–Crippen MR) is 104 cm³/mol. The molecular weight excluding hydrogens is 336 g/mol. The van der Waals surface area contributed by atoms with E-state index in [1.165, 1.54) is 0 Å². The van der Waals surface area contributed by atoms with Crippen molar-refractivity contribution < 1.29 is 14.3 Å². The van der Waals surface area contributed by atoms with Crippen molar-refractivity contribution in [3.63, 3.8) is 0 Å². The number of hydrogen-bond acceptors (Lipinski definition) is 3. The lowest BCUT2D eigenvalue weighted by Gasteiger charge is -2.19. The van der Waals surface area contributed by atoms with Crippen LogP contribution in [0.5, 0.6) is 5.75 Å². The molecule has 3 aromatic rings. The van der Waals surface area contributed by atoms with Crippen LogP contribution in [-0.2, 0) is 0 Å². The van der Waals surface area contributed by atoms with Crippen molar-refractivity contribution in [2.75, 3.05) is 0 Å². The largest absolute Gasteiger partial charge is 0.489 e. The number of para-hydroxylation sites is 1. The van der Waals surface area contributed by atoms with Crippen LogP contribution < -0.4 is 4.74 Å². The number of hydrogen-bond donors (Lipinski definition) is 0. The summed E-state index contributed by atoms with van der Waals surface area (Å²) in [6.07, 6.45) is 0.376. The van der Waals surface area contributed by atoms with Gasteiger partial charge in [0.1, 0.15) is 11.9 Å². The van der Waals surface area contributed by atoms with E-state index in [0.717, 1.165) is 5.56 Å². The molecule has 0 radical (unpaired) electrons. The van der Waals surface area contributed by atoms with Crippen LogP contribution >= 0.6 is 0 Å². The molecule has 1 aliphatic heterocycles. The molecule has 134 valence electrons. The van der Waals surface area contributed by atoms with Crippen molar-refractivity contribution >= 4 is 11.6 Å². The molecular formula is C24H20O3. The summed E-state index contributed by atoms with van der Waals surface area (Å²) < 4.78 is 6.13. The molecule has 2 atom stereocenters. The Balaban J connectivity index is 1.66. The molecule has 0 aromatic heterocycles. The molecule has 0 fully saturated rings. The van der Waals surface area contributed by atoms with Gasteiger partial charge in [0, 0.05) is 12.0 Å². The molecule has 1 aliphatic rings. The van der Waals surface area contributed by atoms with Crippen molar-refractivity contribution in [1.82, 2.24) is 0 Å². The van der Waals surface area contributed by atoms with Gasteiger partial charge in [-0.15, -0.1) is 0 Å². The summed E-state index contributed by atoms with van der Waals surface area (Å²) in [5.41, 5.74) is 2.21. The fourth-order valence-electron chi connectivity index (χ4n) is 3.60. The van der Waals surface area contributed by atoms with E-state index in [2.05, 4.69) is 0 Å². The highest BCUT2D eigenvalue weighted by molar-refractivity contribution is 6.03. The second kappa shape index (κ2) is 7.58. The van der Waals surface area contributed by atoms with E-state index >= 15 is 0 Å². The highest BCUT2D eigenvalue weighted by Crippen LogP contribution is 2.36. The van der Waals surface area contributed by atoms with Crippen molar-refractivity contribution in [3.8, 4) is 5.75 Å². The third-order valence-corrected chi connectivity index (χ3v) is 4.97. The van der Waals surface area contributed by atoms with Gasteiger partial charge in [-0.2, -0.15) is 0 Å². The van der Waals surface area contributed by atoms with Crippen molar-refractivity contribution in [1.29, 1.82) is 0 Å². The van der Waals surface area contributed by atoms with Crippen LogP contribution in [0.25, 0.3) is 0 Å². The summed E-state index contributed by atoms with van der Waals surface area (Å²) in [5.74, 6) is 0.320. The van der Waals surface area contributed by atoms with Gasteiger partial charge < -0.3 is 4.74 Å². The zero-order valence-corrected chi connectivity index (χ0v) is 14.9. The molecule has 0 aliphatic carbocycles. The molecule has 4 rings (SSSR count). The van der Waals surface area contributed by atoms with Gasteiger partial charge in [0.25, 0.3) is 0 Å². The minimum atomic E-state index is -0.351. The molecule has 27 heavy (non-hydrogen) atoms. The summed E-state index contributed by atoms with van der Waals surface area (Å²) in [6, 6.07) is 26.3. The van der Waals surface area contributed by atoms with E-state index in [9.17, 15) is 9.59 Å². The molecule has 0 saturated heterocycles. The maximum absolute atomic E-state index is 13.2. The Hall–Kier alpha value is -3.20. The Morgan fingerprint density at radius 2 is 1.48 bits per heavy atom. The maximum Gasteiger partial charge on any atom is 0.174 e. The average Bonchev–Trinajstić information content (AvgIpc) is 2.86. The minimum absolute atomic E-state index is 0.0271. The van der Waals surface area contributed by atoms with Gasteiger partial charge >= 0.3 is 0 Å². The van der Waals surface area contributed by atoms with Gasteiger partial charge in [-0.25, -0.2) is 0 Å². The van der Waals surface area contributed by atoms with Gasteiger partial charge in [-0.05, 0) is 24.1 Å². The summed E-state index contributed by atoms with van der Waals surface area (Å²) in [5, 5.41) is 0. The smallest absolute Gasteiger partial charge is 0.174 e. The van der Waals surface area contributed by atoms with E-state index in [1.54, 1.807) is 12.1 Å². The lowest BCUT2D eigenvalue weighted by Crippen LogP contribution is -2.23. The van der Waals surface area contributed by atoms with Gasteiger partial charge in [0.05, 0.1) is 11.5 Å². The summed E-state index contributed by atoms with van der Waals surface area (Å²) >= 11 is 0. The SMILES string of the molecule is O=C(CC1CC(c2ccccc2)C(=O)c2ccccc2O1)c1ccccc1. The van der Waals surface area contributed by atoms with Crippen LogP contribution in [0.15, 0.2) is 84.9 Å². The lowest BCUT2D eigenvalue weighted by molar-refractivity contribution is 0.0872.